The first-order chi connectivity index (χ1) is 17.4. The van der Waals surface area contributed by atoms with Gasteiger partial charge < -0.3 is 15.0 Å². The summed E-state index contributed by atoms with van der Waals surface area (Å²) >= 11 is 1.58. The number of hydrogen-bond acceptors (Lipinski definition) is 4. The first-order valence-corrected chi connectivity index (χ1v) is 13.4. The highest BCUT2D eigenvalue weighted by molar-refractivity contribution is 7.99. The van der Waals surface area contributed by atoms with E-state index < -0.39 is 6.04 Å². The van der Waals surface area contributed by atoms with Crippen LogP contribution in [0.15, 0.2) is 72.8 Å². The molecule has 0 aliphatic rings. The first-order valence-electron chi connectivity index (χ1n) is 12.3. The van der Waals surface area contributed by atoms with Crippen molar-refractivity contribution < 1.29 is 14.3 Å². The summed E-state index contributed by atoms with van der Waals surface area (Å²) in [7, 11) is 1.62. The maximum absolute atomic E-state index is 13.7. The largest absolute Gasteiger partial charge is 0.497 e. The highest BCUT2D eigenvalue weighted by Crippen LogP contribution is 2.21. The zero-order valence-electron chi connectivity index (χ0n) is 21.6. The molecular weight excluding hydrogens is 468 g/mol. The van der Waals surface area contributed by atoms with Gasteiger partial charge >= 0.3 is 0 Å². The summed E-state index contributed by atoms with van der Waals surface area (Å²) in [4.78, 5) is 28.6. The monoisotopic (exact) mass is 504 g/mol. The van der Waals surface area contributed by atoms with Crippen LogP contribution in [0.5, 0.6) is 5.75 Å². The third-order valence-electron chi connectivity index (χ3n) is 5.88. The average Bonchev–Trinajstić information content (AvgIpc) is 2.86. The van der Waals surface area contributed by atoms with E-state index in [-0.39, 0.29) is 11.8 Å². The molecule has 6 heteroatoms. The molecule has 0 aromatic heterocycles. The highest BCUT2D eigenvalue weighted by Gasteiger charge is 2.30. The number of benzene rings is 3. The highest BCUT2D eigenvalue weighted by atomic mass is 32.2. The number of rotatable bonds is 12. The summed E-state index contributed by atoms with van der Waals surface area (Å²) in [6.07, 6.45) is 0.449. The quantitative estimate of drug-likeness (QED) is 0.363. The molecule has 0 aliphatic carbocycles. The Hall–Kier alpha value is -3.25. The molecule has 0 heterocycles. The second-order valence-electron chi connectivity index (χ2n) is 8.96. The second-order valence-corrected chi connectivity index (χ2v) is 9.95. The van der Waals surface area contributed by atoms with Crippen LogP contribution in [-0.2, 0) is 28.3 Å². The molecule has 1 atom stereocenters. The maximum atomic E-state index is 13.7. The summed E-state index contributed by atoms with van der Waals surface area (Å²) in [5.41, 5.74) is 5.57. The minimum absolute atomic E-state index is 0.0561. The predicted octanol–water partition coefficient (Wildman–Crippen LogP) is 5.32. The Morgan fingerprint density at radius 2 is 1.61 bits per heavy atom. The van der Waals surface area contributed by atoms with Crippen molar-refractivity contribution in [1.82, 2.24) is 10.2 Å². The summed E-state index contributed by atoms with van der Waals surface area (Å²) in [5, 5.41) is 2.94. The smallest absolute Gasteiger partial charge is 0.243 e. The van der Waals surface area contributed by atoms with E-state index >= 15 is 0 Å². The zero-order valence-corrected chi connectivity index (χ0v) is 22.4. The lowest BCUT2D eigenvalue weighted by Crippen LogP contribution is -2.51. The summed E-state index contributed by atoms with van der Waals surface area (Å²) < 4.78 is 5.39. The van der Waals surface area contributed by atoms with Gasteiger partial charge in [-0.3, -0.25) is 9.59 Å². The molecule has 0 saturated heterocycles. The van der Waals surface area contributed by atoms with Crippen LogP contribution in [-0.4, -0.2) is 42.2 Å². The van der Waals surface area contributed by atoms with Crippen molar-refractivity contribution in [2.75, 3.05) is 19.4 Å². The molecule has 0 spiro atoms. The fourth-order valence-electron chi connectivity index (χ4n) is 4.30. The fourth-order valence-corrected chi connectivity index (χ4v) is 5.15. The van der Waals surface area contributed by atoms with Gasteiger partial charge in [-0.05, 0) is 49.6 Å². The van der Waals surface area contributed by atoms with Crippen molar-refractivity contribution in [3.63, 3.8) is 0 Å². The van der Waals surface area contributed by atoms with Crippen LogP contribution >= 0.6 is 11.8 Å². The van der Waals surface area contributed by atoms with Gasteiger partial charge in [-0.15, -0.1) is 11.8 Å². The molecule has 0 unspecified atom stereocenters. The van der Waals surface area contributed by atoms with Crippen LogP contribution in [0, 0.1) is 13.8 Å². The Morgan fingerprint density at radius 1 is 0.917 bits per heavy atom. The van der Waals surface area contributed by atoms with E-state index in [2.05, 4.69) is 37.4 Å². The van der Waals surface area contributed by atoms with Gasteiger partial charge in [0.25, 0.3) is 0 Å². The Kier molecular flexibility index (Phi) is 10.4. The molecule has 2 amide bonds. The van der Waals surface area contributed by atoms with Crippen molar-refractivity contribution in [2.24, 2.45) is 0 Å². The van der Waals surface area contributed by atoms with E-state index in [1.165, 1.54) is 16.7 Å². The van der Waals surface area contributed by atoms with E-state index in [1.54, 1.807) is 23.8 Å². The Labute approximate surface area is 219 Å². The molecule has 3 rings (SSSR count). The summed E-state index contributed by atoms with van der Waals surface area (Å²) in [5.74, 6) is 1.56. The normalized spacial score (nSPS) is 11.6. The lowest BCUT2D eigenvalue weighted by molar-refractivity contribution is -0.139. The number of hydrogen-bond donors (Lipinski definition) is 1. The topological polar surface area (TPSA) is 58.6 Å². The molecule has 0 radical (unpaired) electrons. The van der Waals surface area contributed by atoms with Crippen molar-refractivity contribution in [2.45, 2.75) is 45.5 Å². The third kappa shape index (κ3) is 8.16. The Balaban J connectivity index is 1.84. The number of ether oxygens (including phenoxy) is 1. The number of thioether (sulfide) groups is 1. The van der Waals surface area contributed by atoms with Crippen LogP contribution in [0.2, 0.25) is 0 Å². The van der Waals surface area contributed by atoms with Gasteiger partial charge in [-0.1, -0.05) is 71.8 Å². The summed E-state index contributed by atoms with van der Waals surface area (Å²) in [6, 6.07) is 23.4. The molecule has 0 saturated carbocycles. The van der Waals surface area contributed by atoms with Gasteiger partial charge in [0, 0.05) is 25.3 Å². The van der Waals surface area contributed by atoms with Crippen LogP contribution in [0.3, 0.4) is 0 Å². The van der Waals surface area contributed by atoms with Crippen LogP contribution < -0.4 is 10.1 Å². The first kappa shape index (κ1) is 27.3. The van der Waals surface area contributed by atoms with Gasteiger partial charge in [0.05, 0.1) is 12.9 Å². The average molecular weight is 505 g/mol. The van der Waals surface area contributed by atoms with E-state index in [9.17, 15) is 9.59 Å². The summed E-state index contributed by atoms with van der Waals surface area (Å²) in [6.45, 7) is 6.90. The molecule has 0 bridgehead atoms. The van der Waals surface area contributed by atoms with E-state index in [0.29, 0.717) is 25.3 Å². The Bertz CT molecular complexity index is 1130. The van der Waals surface area contributed by atoms with Gasteiger partial charge in [-0.25, -0.2) is 0 Å². The van der Waals surface area contributed by atoms with E-state index in [0.717, 1.165) is 22.6 Å². The van der Waals surface area contributed by atoms with Crippen molar-refractivity contribution >= 4 is 23.6 Å². The van der Waals surface area contributed by atoms with Crippen molar-refractivity contribution in [3.05, 3.63) is 101 Å². The number of nitrogens with zero attached hydrogens (tertiary/aromatic N) is 1. The number of amides is 2. The maximum Gasteiger partial charge on any atom is 0.243 e. The lowest BCUT2D eigenvalue weighted by atomic mass is 10.0. The molecule has 1 N–H and O–H groups in total. The van der Waals surface area contributed by atoms with Crippen LogP contribution in [0.4, 0.5) is 0 Å². The molecule has 3 aromatic rings. The fraction of sp³-hybridized carbons (Fsp3) is 0.333. The van der Waals surface area contributed by atoms with Gasteiger partial charge in [-0.2, -0.15) is 0 Å². The van der Waals surface area contributed by atoms with Gasteiger partial charge in [0.2, 0.25) is 11.8 Å². The number of methoxy groups -OCH3 is 1. The number of carbonyl (C=O) groups is 2. The molecule has 0 aliphatic heterocycles. The third-order valence-corrected chi connectivity index (χ3v) is 6.87. The van der Waals surface area contributed by atoms with Crippen molar-refractivity contribution in [1.29, 1.82) is 0 Å². The van der Waals surface area contributed by atoms with E-state index in [4.69, 9.17) is 4.74 Å². The zero-order chi connectivity index (χ0) is 25.9. The molecular formula is C30H36N2O3S. The number of nitrogens with one attached hydrogen (secondary N) is 1. The minimum atomic E-state index is -0.618. The van der Waals surface area contributed by atoms with Gasteiger partial charge in [0.1, 0.15) is 11.8 Å². The molecule has 5 nitrogen and oxygen atoms in total. The standard InChI is InChI=1S/C30H36N2O3S/c1-5-31-30(34)28(18-24-10-7-6-8-11-24)32(19-25-12-9-13-27(17-25)35-4)29(33)21-36-20-26-15-22(2)14-23(3)16-26/h6-17,28H,5,18-21H2,1-4H3,(H,31,34)/t28-/m0/s1. The number of likely N-dealkylation sites (N-methyl/N-ethyl adjacent to an activating group) is 1. The second kappa shape index (κ2) is 13.7. The lowest BCUT2D eigenvalue weighted by Gasteiger charge is -2.31. The Morgan fingerprint density at radius 3 is 2.28 bits per heavy atom. The molecule has 3 aromatic carbocycles. The van der Waals surface area contributed by atoms with Crippen molar-refractivity contribution in [3.8, 4) is 5.75 Å². The SMILES string of the molecule is CCNC(=O)[C@H](Cc1ccccc1)N(Cc1cccc(OC)c1)C(=O)CSCc1cc(C)cc(C)c1. The minimum Gasteiger partial charge on any atom is -0.497 e. The van der Waals surface area contributed by atoms with E-state index in [1.807, 2.05) is 61.5 Å². The van der Waals surface area contributed by atoms with Gasteiger partial charge in [0.15, 0.2) is 0 Å². The number of carbonyl (C=O) groups excluding carboxylic acids is 2. The molecule has 36 heavy (non-hydrogen) atoms. The molecule has 190 valence electrons. The molecule has 0 fully saturated rings. The predicted molar refractivity (Wildman–Crippen MR) is 148 cm³/mol. The van der Waals surface area contributed by atoms with Crippen LogP contribution in [0.1, 0.15) is 34.7 Å². The number of aryl methyl sites for hydroxylation is 2. The van der Waals surface area contributed by atoms with Crippen LogP contribution in [0.25, 0.3) is 0 Å².